The minimum absolute atomic E-state index is 0.0293. The van der Waals surface area contributed by atoms with E-state index in [0.717, 1.165) is 0 Å². The lowest BCUT2D eigenvalue weighted by Gasteiger charge is -2.33. The number of ether oxygens (including phenoxy) is 1. The average Bonchev–Trinajstić information content (AvgIpc) is 2.43. The number of aromatic hydroxyl groups is 1. The SMILES string of the molecule is CC(C)(C)C(=O)C(C)(CCO)COC(=O)c1cccc(O)c1. The van der Waals surface area contributed by atoms with Crippen molar-refractivity contribution in [3.05, 3.63) is 29.8 Å². The highest BCUT2D eigenvalue weighted by atomic mass is 16.5. The number of ketones is 1. The molecule has 22 heavy (non-hydrogen) atoms. The van der Waals surface area contributed by atoms with Gasteiger partial charge in [0.15, 0.2) is 0 Å². The van der Waals surface area contributed by atoms with E-state index in [1.807, 2.05) is 0 Å². The first-order chi connectivity index (χ1) is 10.1. The van der Waals surface area contributed by atoms with Crippen molar-refractivity contribution in [3.8, 4) is 5.75 Å². The molecule has 0 heterocycles. The quantitative estimate of drug-likeness (QED) is 0.789. The van der Waals surface area contributed by atoms with Crippen molar-refractivity contribution >= 4 is 11.8 Å². The smallest absolute Gasteiger partial charge is 0.338 e. The zero-order valence-corrected chi connectivity index (χ0v) is 13.5. The molecule has 122 valence electrons. The molecule has 0 aliphatic heterocycles. The highest BCUT2D eigenvalue weighted by Gasteiger charge is 2.40. The maximum atomic E-state index is 12.5. The number of aliphatic hydroxyl groups excluding tert-OH is 1. The highest BCUT2D eigenvalue weighted by molar-refractivity contribution is 5.91. The number of phenolic OH excluding ortho intramolecular Hbond substituents is 1. The maximum Gasteiger partial charge on any atom is 0.338 e. The van der Waals surface area contributed by atoms with Crippen LogP contribution >= 0.6 is 0 Å². The summed E-state index contributed by atoms with van der Waals surface area (Å²) in [5.41, 5.74) is -1.32. The second kappa shape index (κ2) is 6.92. The molecule has 0 radical (unpaired) electrons. The summed E-state index contributed by atoms with van der Waals surface area (Å²) in [7, 11) is 0. The zero-order chi connectivity index (χ0) is 17.0. The molecule has 0 saturated heterocycles. The van der Waals surface area contributed by atoms with Crippen LogP contribution in [0.25, 0.3) is 0 Å². The molecule has 1 unspecified atom stereocenters. The minimum Gasteiger partial charge on any atom is -0.508 e. The molecule has 1 aromatic carbocycles. The minimum atomic E-state index is -0.945. The van der Waals surface area contributed by atoms with Gasteiger partial charge in [-0.25, -0.2) is 4.79 Å². The van der Waals surface area contributed by atoms with Crippen LogP contribution in [-0.2, 0) is 9.53 Å². The van der Waals surface area contributed by atoms with E-state index in [-0.39, 0.29) is 36.7 Å². The number of benzene rings is 1. The van der Waals surface area contributed by atoms with Gasteiger partial charge in [0.25, 0.3) is 0 Å². The van der Waals surface area contributed by atoms with Gasteiger partial charge < -0.3 is 14.9 Å². The summed E-state index contributed by atoms with van der Waals surface area (Å²) in [6.07, 6.45) is 0.219. The summed E-state index contributed by atoms with van der Waals surface area (Å²) < 4.78 is 5.24. The lowest BCUT2D eigenvalue weighted by atomic mass is 9.72. The number of rotatable bonds is 6. The van der Waals surface area contributed by atoms with Crippen molar-refractivity contribution in [1.82, 2.24) is 0 Å². The van der Waals surface area contributed by atoms with Gasteiger partial charge in [0.1, 0.15) is 18.1 Å². The molecule has 5 nitrogen and oxygen atoms in total. The van der Waals surface area contributed by atoms with Crippen LogP contribution in [0.3, 0.4) is 0 Å². The Labute approximate surface area is 130 Å². The van der Waals surface area contributed by atoms with Gasteiger partial charge in [-0.1, -0.05) is 26.8 Å². The fourth-order valence-electron chi connectivity index (χ4n) is 2.34. The predicted molar refractivity (Wildman–Crippen MR) is 82.7 cm³/mol. The van der Waals surface area contributed by atoms with Crippen LogP contribution in [0, 0.1) is 10.8 Å². The standard InChI is InChI=1S/C17H24O5/c1-16(2,3)15(21)17(4,8-9-18)11-22-14(20)12-6-5-7-13(19)10-12/h5-7,10,18-19H,8-9,11H2,1-4H3. The van der Waals surface area contributed by atoms with E-state index in [4.69, 9.17) is 4.74 Å². The van der Waals surface area contributed by atoms with E-state index in [2.05, 4.69) is 0 Å². The van der Waals surface area contributed by atoms with Crippen molar-refractivity contribution < 1.29 is 24.5 Å². The fraction of sp³-hybridized carbons (Fsp3) is 0.529. The number of phenols is 1. The van der Waals surface area contributed by atoms with Crippen LogP contribution in [0.5, 0.6) is 5.75 Å². The zero-order valence-electron chi connectivity index (χ0n) is 13.5. The van der Waals surface area contributed by atoms with Crippen LogP contribution in [0.4, 0.5) is 0 Å². The van der Waals surface area contributed by atoms with E-state index >= 15 is 0 Å². The number of carbonyl (C=O) groups is 2. The Bertz CT molecular complexity index is 544. The van der Waals surface area contributed by atoms with E-state index in [1.54, 1.807) is 33.8 Å². The summed E-state index contributed by atoms with van der Waals surface area (Å²) in [6.45, 7) is 6.79. The number of Topliss-reactive ketones (excluding diaryl/α,β-unsaturated/α-hetero) is 1. The van der Waals surface area contributed by atoms with Gasteiger partial charge in [-0.3, -0.25) is 4.79 Å². The Morgan fingerprint density at radius 1 is 1.18 bits per heavy atom. The van der Waals surface area contributed by atoms with Crippen molar-refractivity contribution in [2.24, 2.45) is 10.8 Å². The molecular formula is C17H24O5. The first-order valence-corrected chi connectivity index (χ1v) is 7.22. The molecule has 0 aliphatic rings. The fourth-order valence-corrected chi connectivity index (χ4v) is 2.34. The molecule has 1 atom stereocenters. The molecular weight excluding hydrogens is 284 g/mol. The lowest BCUT2D eigenvalue weighted by Crippen LogP contribution is -2.41. The summed E-state index contributed by atoms with van der Waals surface area (Å²) in [5, 5.41) is 18.6. The molecule has 1 rings (SSSR count). The molecule has 0 aromatic heterocycles. The summed E-state index contributed by atoms with van der Waals surface area (Å²) >= 11 is 0. The van der Waals surface area contributed by atoms with Crippen LogP contribution in [0.2, 0.25) is 0 Å². The van der Waals surface area contributed by atoms with Crippen molar-refractivity contribution in [2.45, 2.75) is 34.1 Å². The molecule has 0 bridgehead atoms. The number of esters is 1. The van der Waals surface area contributed by atoms with Crippen LogP contribution in [-0.4, -0.2) is 35.2 Å². The normalized spacial score (nSPS) is 14.2. The van der Waals surface area contributed by atoms with Gasteiger partial charge in [0, 0.05) is 12.0 Å². The third-order valence-corrected chi connectivity index (χ3v) is 3.50. The molecule has 0 aliphatic carbocycles. The number of hydrogen-bond acceptors (Lipinski definition) is 5. The number of carbonyl (C=O) groups excluding carboxylic acids is 2. The Hall–Kier alpha value is -1.88. The molecule has 5 heteroatoms. The van der Waals surface area contributed by atoms with Crippen molar-refractivity contribution in [2.75, 3.05) is 13.2 Å². The van der Waals surface area contributed by atoms with Gasteiger partial charge in [-0.15, -0.1) is 0 Å². The van der Waals surface area contributed by atoms with Gasteiger partial charge >= 0.3 is 5.97 Å². The Balaban J connectivity index is 2.84. The van der Waals surface area contributed by atoms with Gasteiger partial charge in [0.05, 0.1) is 11.0 Å². The molecule has 0 fully saturated rings. The third kappa shape index (κ3) is 4.56. The molecule has 0 amide bonds. The van der Waals surface area contributed by atoms with Crippen molar-refractivity contribution in [3.63, 3.8) is 0 Å². The van der Waals surface area contributed by atoms with E-state index in [9.17, 15) is 19.8 Å². The second-order valence-corrected chi connectivity index (χ2v) is 6.74. The number of hydrogen-bond donors (Lipinski definition) is 2. The largest absolute Gasteiger partial charge is 0.508 e. The number of aliphatic hydroxyl groups is 1. The highest BCUT2D eigenvalue weighted by Crippen LogP contribution is 2.33. The summed E-state index contributed by atoms with van der Waals surface area (Å²) in [5.74, 6) is -0.710. The molecule has 0 saturated carbocycles. The van der Waals surface area contributed by atoms with E-state index in [1.165, 1.54) is 18.2 Å². The Kier molecular flexibility index (Phi) is 5.72. The molecule has 2 N–H and O–H groups in total. The van der Waals surface area contributed by atoms with E-state index in [0.29, 0.717) is 0 Å². The van der Waals surface area contributed by atoms with Gasteiger partial charge in [-0.05, 0) is 31.5 Å². The van der Waals surface area contributed by atoms with E-state index < -0.39 is 16.8 Å². The third-order valence-electron chi connectivity index (χ3n) is 3.50. The monoisotopic (exact) mass is 308 g/mol. The lowest BCUT2D eigenvalue weighted by molar-refractivity contribution is -0.139. The van der Waals surface area contributed by atoms with Crippen LogP contribution < -0.4 is 0 Å². The Morgan fingerprint density at radius 2 is 1.82 bits per heavy atom. The summed E-state index contributed by atoms with van der Waals surface area (Å²) in [4.78, 5) is 24.6. The first kappa shape index (κ1) is 18.2. The average molecular weight is 308 g/mol. The van der Waals surface area contributed by atoms with Crippen LogP contribution in [0.15, 0.2) is 24.3 Å². The van der Waals surface area contributed by atoms with Crippen LogP contribution in [0.1, 0.15) is 44.5 Å². The topological polar surface area (TPSA) is 83.8 Å². The van der Waals surface area contributed by atoms with Gasteiger partial charge in [-0.2, -0.15) is 0 Å². The first-order valence-electron chi connectivity index (χ1n) is 7.22. The van der Waals surface area contributed by atoms with Gasteiger partial charge in [0.2, 0.25) is 0 Å². The predicted octanol–water partition coefficient (Wildman–Crippen LogP) is 2.55. The summed E-state index contributed by atoms with van der Waals surface area (Å²) in [6, 6.07) is 5.82. The molecule has 0 spiro atoms. The Morgan fingerprint density at radius 3 is 2.32 bits per heavy atom. The van der Waals surface area contributed by atoms with Crippen molar-refractivity contribution in [1.29, 1.82) is 0 Å². The second-order valence-electron chi connectivity index (χ2n) is 6.74. The molecule has 1 aromatic rings. The maximum absolute atomic E-state index is 12.5.